The quantitative estimate of drug-likeness (QED) is 0.644. The van der Waals surface area contributed by atoms with Crippen LogP contribution in [0.15, 0.2) is 0 Å². The Hall–Kier alpha value is -0.610. The van der Waals surface area contributed by atoms with Gasteiger partial charge < -0.3 is 10.6 Å². The van der Waals surface area contributed by atoms with Gasteiger partial charge in [0.15, 0.2) is 0 Å². The van der Waals surface area contributed by atoms with Gasteiger partial charge >= 0.3 is 0 Å². The highest BCUT2D eigenvalue weighted by atomic mass is 16.2. The zero-order valence-electron chi connectivity index (χ0n) is 12.2. The standard InChI is InChI=1S/C14H29N3O/c1-4-5-6-9-16-14(18)12(2)17(3)11-13-8-7-10-15-13/h12-13,15H,4-11H2,1-3H3,(H,16,18). The molecule has 1 aliphatic heterocycles. The van der Waals surface area contributed by atoms with E-state index in [0.29, 0.717) is 6.04 Å². The highest BCUT2D eigenvalue weighted by Gasteiger charge is 2.22. The summed E-state index contributed by atoms with van der Waals surface area (Å²) in [6, 6.07) is 0.527. The van der Waals surface area contributed by atoms with E-state index in [9.17, 15) is 4.79 Å². The molecule has 0 spiro atoms. The zero-order chi connectivity index (χ0) is 13.4. The van der Waals surface area contributed by atoms with E-state index >= 15 is 0 Å². The smallest absolute Gasteiger partial charge is 0.237 e. The number of nitrogens with one attached hydrogen (secondary N) is 2. The predicted octanol–water partition coefficient (Wildman–Crippen LogP) is 1.37. The van der Waals surface area contributed by atoms with Gasteiger partial charge in [-0.05, 0) is 39.8 Å². The first kappa shape index (κ1) is 15.4. The number of unbranched alkanes of at least 4 members (excludes halogenated alkanes) is 2. The molecular formula is C14H29N3O. The number of likely N-dealkylation sites (N-methyl/N-ethyl adjacent to an activating group) is 1. The van der Waals surface area contributed by atoms with E-state index in [4.69, 9.17) is 0 Å². The summed E-state index contributed by atoms with van der Waals surface area (Å²) < 4.78 is 0. The summed E-state index contributed by atoms with van der Waals surface area (Å²) in [6.07, 6.45) is 5.96. The summed E-state index contributed by atoms with van der Waals surface area (Å²) >= 11 is 0. The van der Waals surface area contributed by atoms with Crippen LogP contribution >= 0.6 is 0 Å². The first-order valence-electron chi connectivity index (χ1n) is 7.36. The van der Waals surface area contributed by atoms with Gasteiger partial charge in [-0.2, -0.15) is 0 Å². The van der Waals surface area contributed by atoms with Crippen LogP contribution in [-0.4, -0.2) is 49.6 Å². The third-order valence-electron chi connectivity index (χ3n) is 3.79. The number of amides is 1. The van der Waals surface area contributed by atoms with Crippen molar-refractivity contribution in [2.24, 2.45) is 0 Å². The molecule has 0 aromatic carbocycles. The molecule has 0 saturated carbocycles. The Morgan fingerprint density at radius 2 is 2.28 bits per heavy atom. The Balaban J connectivity index is 2.19. The van der Waals surface area contributed by atoms with Crippen molar-refractivity contribution in [1.82, 2.24) is 15.5 Å². The molecule has 2 N–H and O–H groups in total. The molecule has 1 amide bonds. The van der Waals surface area contributed by atoms with Crippen LogP contribution in [0.3, 0.4) is 0 Å². The van der Waals surface area contributed by atoms with E-state index in [1.54, 1.807) is 0 Å². The van der Waals surface area contributed by atoms with Crippen molar-refractivity contribution in [2.45, 2.75) is 58.0 Å². The number of carbonyl (C=O) groups excluding carboxylic acids is 1. The molecule has 4 nitrogen and oxygen atoms in total. The molecule has 1 saturated heterocycles. The van der Waals surface area contributed by atoms with Crippen LogP contribution in [0.4, 0.5) is 0 Å². The van der Waals surface area contributed by atoms with E-state index in [1.807, 2.05) is 14.0 Å². The summed E-state index contributed by atoms with van der Waals surface area (Å²) in [5, 5.41) is 6.49. The Morgan fingerprint density at radius 3 is 2.89 bits per heavy atom. The number of hydrogen-bond donors (Lipinski definition) is 2. The average Bonchev–Trinajstić information content (AvgIpc) is 2.86. The molecule has 106 valence electrons. The molecule has 1 aliphatic rings. The molecule has 1 fully saturated rings. The van der Waals surface area contributed by atoms with Crippen LogP contribution in [0.2, 0.25) is 0 Å². The van der Waals surface area contributed by atoms with Gasteiger partial charge in [-0.1, -0.05) is 19.8 Å². The number of rotatable bonds is 8. The van der Waals surface area contributed by atoms with Gasteiger partial charge in [-0.3, -0.25) is 9.69 Å². The molecule has 18 heavy (non-hydrogen) atoms. The number of carbonyl (C=O) groups is 1. The van der Waals surface area contributed by atoms with E-state index in [-0.39, 0.29) is 11.9 Å². The fraction of sp³-hybridized carbons (Fsp3) is 0.929. The molecule has 2 atom stereocenters. The summed E-state index contributed by atoms with van der Waals surface area (Å²) in [4.78, 5) is 14.1. The first-order chi connectivity index (χ1) is 8.65. The van der Waals surface area contributed by atoms with Crippen LogP contribution in [-0.2, 0) is 4.79 Å². The second-order valence-corrected chi connectivity index (χ2v) is 5.41. The number of hydrogen-bond acceptors (Lipinski definition) is 3. The highest BCUT2D eigenvalue weighted by Crippen LogP contribution is 2.08. The molecule has 0 bridgehead atoms. The van der Waals surface area contributed by atoms with Crippen molar-refractivity contribution in [2.75, 3.05) is 26.7 Å². The Kier molecular flexibility index (Phi) is 7.28. The van der Waals surface area contributed by atoms with Gasteiger partial charge in [0.1, 0.15) is 0 Å². The van der Waals surface area contributed by atoms with Crippen LogP contribution in [0.1, 0.15) is 46.0 Å². The minimum Gasteiger partial charge on any atom is -0.355 e. The molecule has 0 aromatic heterocycles. The molecule has 0 aliphatic carbocycles. The summed E-state index contributed by atoms with van der Waals surface area (Å²) in [7, 11) is 2.04. The van der Waals surface area contributed by atoms with Crippen molar-refractivity contribution >= 4 is 5.91 Å². The van der Waals surface area contributed by atoms with Crippen LogP contribution < -0.4 is 10.6 Å². The minimum atomic E-state index is -0.0333. The van der Waals surface area contributed by atoms with Crippen molar-refractivity contribution in [3.8, 4) is 0 Å². The van der Waals surface area contributed by atoms with E-state index in [1.165, 1.54) is 25.7 Å². The lowest BCUT2D eigenvalue weighted by Crippen LogP contribution is -2.47. The predicted molar refractivity (Wildman–Crippen MR) is 75.7 cm³/mol. The van der Waals surface area contributed by atoms with Gasteiger partial charge in [0.05, 0.1) is 6.04 Å². The van der Waals surface area contributed by atoms with Crippen molar-refractivity contribution in [3.63, 3.8) is 0 Å². The SMILES string of the molecule is CCCCCNC(=O)C(C)N(C)CC1CCCN1. The lowest BCUT2D eigenvalue weighted by atomic mass is 10.2. The molecule has 2 unspecified atom stereocenters. The van der Waals surface area contributed by atoms with Crippen LogP contribution in [0.25, 0.3) is 0 Å². The molecule has 0 aromatic rings. The molecular weight excluding hydrogens is 226 g/mol. The van der Waals surface area contributed by atoms with Crippen molar-refractivity contribution in [3.05, 3.63) is 0 Å². The zero-order valence-corrected chi connectivity index (χ0v) is 12.2. The largest absolute Gasteiger partial charge is 0.355 e. The third kappa shape index (κ3) is 5.36. The van der Waals surface area contributed by atoms with Crippen molar-refractivity contribution in [1.29, 1.82) is 0 Å². The fourth-order valence-electron chi connectivity index (χ4n) is 2.35. The summed E-state index contributed by atoms with van der Waals surface area (Å²) in [5.74, 6) is 0.159. The highest BCUT2D eigenvalue weighted by molar-refractivity contribution is 5.81. The minimum absolute atomic E-state index is 0.0333. The first-order valence-corrected chi connectivity index (χ1v) is 7.36. The van der Waals surface area contributed by atoms with Crippen LogP contribution in [0.5, 0.6) is 0 Å². The van der Waals surface area contributed by atoms with Gasteiger partial charge in [-0.15, -0.1) is 0 Å². The molecule has 0 radical (unpaired) electrons. The lowest BCUT2D eigenvalue weighted by Gasteiger charge is -2.26. The molecule has 1 rings (SSSR count). The summed E-state index contributed by atoms with van der Waals surface area (Å²) in [5.41, 5.74) is 0. The second kappa shape index (κ2) is 8.48. The van der Waals surface area contributed by atoms with Crippen LogP contribution in [0, 0.1) is 0 Å². The van der Waals surface area contributed by atoms with E-state index in [0.717, 1.165) is 26.1 Å². The summed E-state index contributed by atoms with van der Waals surface area (Å²) in [6.45, 7) is 7.06. The average molecular weight is 255 g/mol. The van der Waals surface area contributed by atoms with Crippen molar-refractivity contribution < 1.29 is 4.79 Å². The molecule has 4 heteroatoms. The second-order valence-electron chi connectivity index (χ2n) is 5.41. The maximum Gasteiger partial charge on any atom is 0.237 e. The van der Waals surface area contributed by atoms with Gasteiger partial charge in [-0.25, -0.2) is 0 Å². The molecule has 1 heterocycles. The lowest BCUT2D eigenvalue weighted by molar-refractivity contribution is -0.125. The maximum absolute atomic E-state index is 11.9. The third-order valence-corrected chi connectivity index (χ3v) is 3.79. The van der Waals surface area contributed by atoms with E-state index in [2.05, 4.69) is 22.5 Å². The topological polar surface area (TPSA) is 44.4 Å². The van der Waals surface area contributed by atoms with Gasteiger partial charge in [0.25, 0.3) is 0 Å². The Bertz CT molecular complexity index is 239. The monoisotopic (exact) mass is 255 g/mol. The van der Waals surface area contributed by atoms with E-state index < -0.39 is 0 Å². The maximum atomic E-state index is 11.9. The fourth-order valence-corrected chi connectivity index (χ4v) is 2.35. The van der Waals surface area contributed by atoms with Gasteiger partial charge in [0.2, 0.25) is 5.91 Å². The number of nitrogens with zero attached hydrogens (tertiary/aromatic N) is 1. The Morgan fingerprint density at radius 1 is 1.50 bits per heavy atom. The Labute approximate surface area is 111 Å². The van der Waals surface area contributed by atoms with Gasteiger partial charge in [0, 0.05) is 19.1 Å². The normalized spacial score (nSPS) is 21.2.